The zero-order valence-electron chi connectivity index (χ0n) is 51.3. The summed E-state index contributed by atoms with van der Waals surface area (Å²) in [5, 5.41) is 9.86. The van der Waals surface area contributed by atoms with Gasteiger partial charge in [-0.3, -0.25) is 23.4 Å². The lowest BCUT2D eigenvalue weighted by Crippen LogP contribution is -2.30. The van der Waals surface area contributed by atoms with E-state index < -0.39 is 57.8 Å². The van der Waals surface area contributed by atoms with Gasteiger partial charge in [0, 0.05) is 19.3 Å². The monoisotopic (exact) mass is 1140 g/mol. The standard InChI is InChI=1S/C68H119O11P/c1-4-7-10-13-16-19-22-25-28-31-32-35-36-39-42-45-48-51-54-57-66(70)75-61-65(79-68(72)59-56-53-50-47-44-41-38-34-30-27-24-21-18-15-12-9-6-3)63-77-80(73,74)76-62-64(60-69)78-67(71)58-55-52-49-46-43-40-37-33-29-26-23-20-17-14-11-8-5-2/h9,12,16,18-19,21,25,27-28,30,32,35,38,41,64-65,69H,4-8,10-11,13-15,17,20,22-24,26,29,31,33-34,36-37,39-40,42-63H2,1-3H3,(H,73,74)/b12-9-,19-16-,21-18-,28-25-,30-27-,35-32-,41-38-. The van der Waals surface area contributed by atoms with Crippen molar-refractivity contribution in [3.8, 4) is 0 Å². The molecule has 11 nitrogen and oxygen atoms in total. The van der Waals surface area contributed by atoms with Crippen LogP contribution in [0, 0.1) is 0 Å². The molecule has 3 unspecified atom stereocenters. The minimum absolute atomic E-state index is 0.135. The van der Waals surface area contributed by atoms with Crippen molar-refractivity contribution >= 4 is 25.7 Å². The maximum atomic E-state index is 13.0. The van der Waals surface area contributed by atoms with Crippen LogP contribution in [0.2, 0.25) is 0 Å². The predicted molar refractivity (Wildman–Crippen MR) is 334 cm³/mol. The zero-order chi connectivity index (χ0) is 58.3. The maximum absolute atomic E-state index is 13.0. The van der Waals surface area contributed by atoms with Crippen LogP contribution in [0.3, 0.4) is 0 Å². The number of carbonyl (C=O) groups excluding carboxylic acids is 3. The Bertz CT molecular complexity index is 1670. The summed E-state index contributed by atoms with van der Waals surface area (Å²) in [4.78, 5) is 48.8. The van der Waals surface area contributed by atoms with Crippen molar-refractivity contribution < 1.29 is 52.2 Å². The molecule has 0 spiro atoms. The molecule has 0 saturated carbocycles. The van der Waals surface area contributed by atoms with Gasteiger partial charge in [0.05, 0.1) is 19.8 Å². The predicted octanol–water partition coefficient (Wildman–Crippen LogP) is 19.8. The first-order valence-electron chi connectivity index (χ1n) is 32.5. The minimum Gasteiger partial charge on any atom is -0.462 e. The summed E-state index contributed by atoms with van der Waals surface area (Å²) in [5.41, 5.74) is 0. The second-order valence-electron chi connectivity index (χ2n) is 21.6. The fraction of sp³-hybridized carbons (Fsp3) is 0.750. The van der Waals surface area contributed by atoms with Gasteiger partial charge in [0.2, 0.25) is 0 Å². The zero-order valence-corrected chi connectivity index (χ0v) is 52.2. The lowest BCUT2D eigenvalue weighted by Gasteiger charge is -2.21. The van der Waals surface area contributed by atoms with E-state index in [1.807, 2.05) is 0 Å². The molecule has 0 heterocycles. The molecule has 12 heteroatoms. The van der Waals surface area contributed by atoms with Gasteiger partial charge < -0.3 is 24.2 Å². The Hall–Kier alpha value is -3.34. The lowest BCUT2D eigenvalue weighted by atomic mass is 10.0. The Morgan fingerprint density at radius 3 is 1.02 bits per heavy atom. The van der Waals surface area contributed by atoms with Gasteiger partial charge in [0.15, 0.2) is 6.10 Å². The Morgan fingerprint density at radius 2 is 0.650 bits per heavy atom. The van der Waals surface area contributed by atoms with E-state index >= 15 is 0 Å². The molecule has 0 aromatic carbocycles. The number of esters is 3. The van der Waals surface area contributed by atoms with E-state index in [0.717, 1.165) is 122 Å². The van der Waals surface area contributed by atoms with Crippen LogP contribution in [0.4, 0.5) is 0 Å². The van der Waals surface area contributed by atoms with Crippen LogP contribution >= 0.6 is 7.82 Å². The molecule has 0 amide bonds. The van der Waals surface area contributed by atoms with E-state index in [1.54, 1.807) is 0 Å². The van der Waals surface area contributed by atoms with Crippen molar-refractivity contribution in [1.82, 2.24) is 0 Å². The first-order chi connectivity index (χ1) is 39.2. The number of aliphatic hydroxyl groups is 1. The molecule has 0 saturated heterocycles. The molecule has 0 aliphatic carbocycles. The Labute approximate surface area is 490 Å². The molecule has 0 radical (unpaired) electrons. The number of aliphatic hydroxyl groups excluding tert-OH is 1. The van der Waals surface area contributed by atoms with Gasteiger partial charge >= 0.3 is 25.7 Å². The van der Waals surface area contributed by atoms with E-state index in [4.69, 9.17) is 23.3 Å². The van der Waals surface area contributed by atoms with E-state index in [0.29, 0.717) is 19.3 Å². The fourth-order valence-electron chi connectivity index (χ4n) is 8.89. The molecule has 0 fully saturated rings. The maximum Gasteiger partial charge on any atom is 0.472 e. The summed E-state index contributed by atoms with van der Waals surface area (Å²) in [6.45, 7) is 4.51. The normalized spacial score (nSPS) is 13.8. The summed E-state index contributed by atoms with van der Waals surface area (Å²) in [6, 6.07) is 0. The highest BCUT2D eigenvalue weighted by Crippen LogP contribution is 2.43. The molecular weight excluding hydrogens is 1020 g/mol. The molecule has 80 heavy (non-hydrogen) atoms. The number of ether oxygens (including phenoxy) is 3. The number of rotatable bonds is 60. The number of phosphoric ester groups is 1. The minimum atomic E-state index is -4.77. The van der Waals surface area contributed by atoms with Crippen molar-refractivity contribution in [2.45, 2.75) is 303 Å². The highest BCUT2D eigenvalue weighted by Gasteiger charge is 2.28. The number of hydrogen-bond acceptors (Lipinski definition) is 10. The third-order valence-corrected chi connectivity index (χ3v) is 14.8. The van der Waals surface area contributed by atoms with Crippen LogP contribution in [-0.4, -0.2) is 66.5 Å². The largest absolute Gasteiger partial charge is 0.472 e. The topological polar surface area (TPSA) is 155 Å². The number of hydrogen-bond donors (Lipinski definition) is 2. The van der Waals surface area contributed by atoms with Crippen LogP contribution in [0.15, 0.2) is 85.1 Å². The van der Waals surface area contributed by atoms with Crippen molar-refractivity contribution in [2.75, 3.05) is 26.4 Å². The van der Waals surface area contributed by atoms with Crippen molar-refractivity contribution in [2.24, 2.45) is 0 Å². The third kappa shape index (κ3) is 59.3. The summed E-state index contributed by atoms with van der Waals surface area (Å²) < 4.78 is 39.7. The molecule has 0 bridgehead atoms. The van der Waals surface area contributed by atoms with Crippen LogP contribution in [0.5, 0.6) is 0 Å². The second kappa shape index (κ2) is 61.7. The molecule has 0 aliphatic rings. The SMILES string of the molecule is CC/C=C\C/C=C\C/C=C\C/C=C\CCCCCCC(=O)OC(COC(=O)CCCCCCCC/C=C\C/C=C\C/C=C\CCCCC)COP(=O)(O)OCC(CO)OC(=O)CCCCCCCCCCCCCCCCCCC. The van der Waals surface area contributed by atoms with Crippen molar-refractivity contribution in [3.63, 3.8) is 0 Å². The molecule has 3 atom stereocenters. The molecule has 0 aliphatic heterocycles. The van der Waals surface area contributed by atoms with Crippen LogP contribution in [-0.2, 0) is 42.2 Å². The second-order valence-corrected chi connectivity index (χ2v) is 23.0. The summed E-state index contributed by atoms with van der Waals surface area (Å²) in [5.74, 6) is -1.50. The number of allylic oxidation sites excluding steroid dienone is 14. The molecule has 0 aromatic rings. The van der Waals surface area contributed by atoms with Crippen molar-refractivity contribution in [3.05, 3.63) is 85.1 Å². The number of unbranched alkanes of at least 4 members (excludes halogenated alkanes) is 29. The lowest BCUT2D eigenvalue weighted by molar-refractivity contribution is -0.161. The van der Waals surface area contributed by atoms with E-state index in [2.05, 4.69) is 106 Å². The molecule has 0 aromatic heterocycles. The molecular formula is C68H119O11P. The number of carbonyl (C=O) groups is 3. The van der Waals surface area contributed by atoms with Gasteiger partial charge in [0.25, 0.3) is 0 Å². The smallest absolute Gasteiger partial charge is 0.462 e. The third-order valence-electron chi connectivity index (χ3n) is 13.8. The highest BCUT2D eigenvalue weighted by molar-refractivity contribution is 7.47. The van der Waals surface area contributed by atoms with E-state index in [9.17, 15) is 28.9 Å². The first-order valence-corrected chi connectivity index (χ1v) is 34.0. The number of phosphoric acid groups is 1. The van der Waals surface area contributed by atoms with Gasteiger partial charge in [-0.1, -0.05) is 260 Å². The average molecular weight is 1140 g/mol. The van der Waals surface area contributed by atoms with Gasteiger partial charge in [-0.15, -0.1) is 0 Å². The Balaban J connectivity index is 4.74. The van der Waals surface area contributed by atoms with Gasteiger partial charge in [-0.25, -0.2) is 4.57 Å². The quantitative estimate of drug-likeness (QED) is 0.0197. The van der Waals surface area contributed by atoms with E-state index in [-0.39, 0.29) is 25.9 Å². The summed E-state index contributed by atoms with van der Waals surface area (Å²) in [6.07, 6.45) is 72.4. The van der Waals surface area contributed by atoms with Crippen LogP contribution in [0.25, 0.3) is 0 Å². The fourth-order valence-corrected chi connectivity index (χ4v) is 9.67. The van der Waals surface area contributed by atoms with Gasteiger partial charge in [-0.2, -0.15) is 0 Å². The van der Waals surface area contributed by atoms with Crippen LogP contribution in [0.1, 0.15) is 290 Å². The Morgan fingerprint density at radius 1 is 0.362 bits per heavy atom. The van der Waals surface area contributed by atoms with Gasteiger partial charge in [0.1, 0.15) is 12.7 Å². The van der Waals surface area contributed by atoms with E-state index in [1.165, 1.54) is 109 Å². The summed E-state index contributed by atoms with van der Waals surface area (Å²) >= 11 is 0. The molecule has 462 valence electrons. The molecule has 0 rings (SSSR count). The average Bonchev–Trinajstić information content (AvgIpc) is 3.45. The van der Waals surface area contributed by atoms with Crippen molar-refractivity contribution in [1.29, 1.82) is 0 Å². The first kappa shape index (κ1) is 76.7. The molecule has 2 N–H and O–H groups in total. The van der Waals surface area contributed by atoms with Crippen LogP contribution < -0.4 is 0 Å². The highest BCUT2D eigenvalue weighted by atomic mass is 31.2. The summed E-state index contributed by atoms with van der Waals surface area (Å²) in [7, 11) is -4.77. The van der Waals surface area contributed by atoms with Gasteiger partial charge in [-0.05, 0) is 96.3 Å². The Kier molecular flexibility index (Phi) is 59.1.